The van der Waals surface area contributed by atoms with Crippen molar-refractivity contribution in [3.05, 3.63) is 35.4 Å². The Labute approximate surface area is 96.5 Å². The summed E-state index contributed by atoms with van der Waals surface area (Å²) in [6, 6.07) is 8.65. The van der Waals surface area contributed by atoms with E-state index < -0.39 is 5.97 Å². The first-order valence-electron chi connectivity index (χ1n) is 5.58. The molecule has 0 fully saturated rings. The molecule has 0 heterocycles. The number of aryl methyl sites for hydroxylation is 2. The lowest BCUT2D eigenvalue weighted by atomic mass is 10.0. The monoisotopic (exact) mass is 221 g/mol. The maximum atomic E-state index is 10.4. The fourth-order valence-corrected chi connectivity index (χ4v) is 1.61. The highest BCUT2D eigenvalue weighted by Crippen LogP contribution is 2.07. The number of rotatable bonds is 6. The third kappa shape index (κ3) is 4.94. The van der Waals surface area contributed by atoms with Gasteiger partial charge in [0.05, 0.1) is 6.54 Å². The largest absolute Gasteiger partial charge is 0.480 e. The van der Waals surface area contributed by atoms with E-state index in [1.165, 1.54) is 11.1 Å². The number of nitrogens with one attached hydrogen (secondary N) is 1. The standard InChI is InChI=1S/C13H19NO2/c1-10-4-3-5-12(8-10)7-6-11(2)14-9-13(15)16/h3-5,8,11,14H,6-7,9H2,1-2H3,(H,15,16). The third-order valence-electron chi connectivity index (χ3n) is 2.55. The molecule has 0 aromatic heterocycles. The van der Waals surface area contributed by atoms with E-state index in [9.17, 15) is 4.79 Å². The maximum absolute atomic E-state index is 10.4. The zero-order chi connectivity index (χ0) is 12.0. The number of benzene rings is 1. The summed E-state index contributed by atoms with van der Waals surface area (Å²) in [7, 11) is 0. The molecule has 2 N–H and O–H groups in total. The lowest BCUT2D eigenvalue weighted by Gasteiger charge is -2.12. The Bertz CT molecular complexity index is 350. The normalized spacial score (nSPS) is 12.4. The fraction of sp³-hybridized carbons (Fsp3) is 0.462. The average Bonchev–Trinajstić information content (AvgIpc) is 2.23. The van der Waals surface area contributed by atoms with Gasteiger partial charge in [0.25, 0.3) is 0 Å². The van der Waals surface area contributed by atoms with Crippen molar-refractivity contribution in [2.75, 3.05) is 6.54 Å². The van der Waals surface area contributed by atoms with E-state index in [0.29, 0.717) is 0 Å². The van der Waals surface area contributed by atoms with Crippen LogP contribution in [0.3, 0.4) is 0 Å². The number of hydrogen-bond donors (Lipinski definition) is 2. The van der Waals surface area contributed by atoms with Crippen LogP contribution in [0.25, 0.3) is 0 Å². The van der Waals surface area contributed by atoms with E-state index in [4.69, 9.17) is 5.11 Å². The quantitative estimate of drug-likeness (QED) is 0.772. The van der Waals surface area contributed by atoms with Crippen LogP contribution in [0.4, 0.5) is 0 Å². The SMILES string of the molecule is Cc1cccc(CCC(C)NCC(=O)O)c1. The highest BCUT2D eigenvalue weighted by atomic mass is 16.4. The molecule has 88 valence electrons. The Morgan fingerprint density at radius 3 is 2.88 bits per heavy atom. The van der Waals surface area contributed by atoms with Crippen molar-refractivity contribution < 1.29 is 9.90 Å². The second kappa shape index (κ2) is 6.28. The summed E-state index contributed by atoms with van der Waals surface area (Å²) in [5, 5.41) is 11.5. The number of carbonyl (C=O) groups is 1. The van der Waals surface area contributed by atoms with Gasteiger partial charge in [-0.3, -0.25) is 4.79 Å². The van der Waals surface area contributed by atoms with Crippen molar-refractivity contribution in [1.82, 2.24) is 5.32 Å². The summed E-state index contributed by atoms with van der Waals surface area (Å²) in [5.74, 6) is -0.803. The molecule has 1 rings (SSSR count). The topological polar surface area (TPSA) is 49.3 Å². The fourth-order valence-electron chi connectivity index (χ4n) is 1.61. The lowest BCUT2D eigenvalue weighted by Crippen LogP contribution is -2.31. The third-order valence-corrected chi connectivity index (χ3v) is 2.55. The van der Waals surface area contributed by atoms with Crippen LogP contribution in [0.2, 0.25) is 0 Å². The first-order chi connectivity index (χ1) is 7.58. The smallest absolute Gasteiger partial charge is 0.317 e. The lowest BCUT2D eigenvalue weighted by molar-refractivity contribution is -0.136. The van der Waals surface area contributed by atoms with Crippen LogP contribution < -0.4 is 5.32 Å². The van der Waals surface area contributed by atoms with E-state index in [2.05, 4.69) is 36.5 Å². The molecule has 16 heavy (non-hydrogen) atoms. The van der Waals surface area contributed by atoms with Crippen molar-refractivity contribution in [3.63, 3.8) is 0 Å². The predicted molar refractivity (Wildman–Crippen MR) is 64.6 cm³/mol. The van der Waals surface area contributed by atoms with Crippen LogP contribution in [-0.2, 0) is 11.2 Å². The minimum absolute atomic E-state index is 0.0367. The Kier molecular flexibility index (Phi) is 4.99. The second-order valence-corrected chi connectivity index (χ2v) is 4.20. The Hall–Kier alpha value is -1.35. The molecule has 0 spiro atoms. The molecule has 0 amide bonds. The zero-order valence-electron chi connectivity index (χ0n) is 9.86. The zero-order valence-corrected chi connectivity index (χ0v) is 9.86. The van der Waals surface area contributed by atoms with Crippen molar-refractivity contribution in [1.29, 1.82) is 0 Å². The minimum atomic E-state index is -0.803. The summed E-state index contributed by atoms with van der Waals surface area (Å²) >= 11 is 0. The summed E-state index contributed by atoms with van der Waals surface area (Å²) in [5.41, 5.74) is 2.58. The summed E-state index contributed by atoms with van der Waals surface area (Å²) in [6.45, 7) is 4.13. The molecule has 0 aliphatic carbocycles. The Morgan fingerprint density at radius 2 is 2.25 bits per heavy atom. The second-order valence-electron chi connectivity index (χ2n) is 4.20. The van der Waals surface area contributed by atoms with Gasteiger partial charge in [0.2, 0.25) is 0 Å². The van der Waals surface area contributed by atoms with Crippen molar-refractivity contribution >= 4 is 5.97 Å². The first kappa shape index (κ1) is 12.7. The van der Waals surface area contributed by atoms with Crippen LogP contribution in [0.5, 0.6) is 0 Å². The molecule has 1 aromatic carbocycles. The van der Waals surface area contributed by atoms with Gasteiger partial charge in [-0.05, 0) is 32.3 Å². The molecule has 3 heteroatoms. The van der Waals surface area contributed by atoms with Gasteiger partial charge >= 0.3 is 5.97 Å². The van der Waals surface area contributed by atoms with Crippen LogP contribution in [0.15, 0.2) is 24.3 Å². The summed E-state index contributed by atoms with van der Waals surface area (Å²) < 4.78 is 0. The van der Waals surface area contributed by atoms with E-state index in [1.54, 1.807) is 0 Å². The molecule has 0 bridgehead atoms. The van der Waals surface area contributed by atoms with Crippen LogP contribution in [0, 0.1) is 6.92 Å². The Morgan fingerprint density at radius 1 is 1.50 bits per heavy atom. The first-order valence-corrected chi connectivity index (χ1v) is 5.58. The van der Waals surface area contributed by atoms with Gasteiger partial charge in [-0.25, -0.2) is 0 Å². The van der Waals surface area contributed by atoms with Gasteiger partial charge in [-0.1, -0.05) is 29.8 Å². The van der Waals surface area contributed by atoms with Crippen LogP contribution in [-0.4, -0.2) is 23.7 Å². The average molecular weight is 221 g/mol. The molecular weight excluding hydrogens is 202 g/mol. The van der Waals surface area contributed by atoms with E-state index in [1.807, 2.05) is 6.92 Å². The summed E-state index contributed by atoms with van der Waals surface area (Å²) in [6.07, 6.45) is 1.94. The molecule has 1 unspecified atom stereocenters. The van der Waals surface area contributed by atoms with Crippen molar-refractivity contribution in [2.45, 2.75) is 32.7 Å². The van der Waals surface area contributed by atoms with E-state index >= 15 is 0 Å². The van der Waals surface area contributed by atoms with Crippen molar-refractivity contribution in [3.8, 4) is 0 Å². The van der Waals surface area contributed by atoms with Gasteiger partial charge in [0.15, 0.2) is 0 Å². The number of carboxylic acids is 1. The van der Waals surface area contributed by atoms with E-state index in [0.717, 1.165) is 12.8 Å². The van der Waals surface area contributed by atoms with Gasteiger partial charge in [-0.2, -0.15) is 0 Å². The number of aliphatic carboxylic acids is 1. The molecule has 0 saturated carbocycles. The van der Waals surface area contributed by atoms with Gasteiger partial charge in [-0.15, -0.1) is 0 Å². The minimum Gasteiger partial charge on any atom is -0.480 e. The number of carboxylic acid groups (broad SMARTS) is 1. The molecule has 0 aliphatic heterocycles. The van der Waals surface area contributed by atoms with Crippen molar-refractivity contribution in [2.24, 2.45) is 0 Å². The van der Waals surface area contributed by atoms with Gasteiger partial charge < -0.3 is 10.4 Å². The van der Waals surface area contributed by atoms with Crippen LogP contribution in [0.1, 0.15) is 24.5 Å². The predicted octanol–water partition coefficient (Wildman–Crippen LogP) is 1.99. The molecule has 1 aromatic rings. The van der Waals surface area contributed by atoms with Crippen LogP contribution >= 0.6 is 0 Å². The highest BCUT2D eigenvalue weighted by Gasteiger charge is 2.04. The molecule has 0 saturated heterocycles. The maximum Gasteiger partial charge on any atom is 0.317 e. The molecule has 0 aliphatic rings. The molecule has 1 atom stereocenters. The summed E-state index contributed by atoms with van der Waals surface area (Å²) in [4.78, 5) is 10.4. The Balaban J connectivity index is 2.31. The van der Waals surface area contributed by atoms with Gasteiger partial charge in [0, 0.05) is 6.04 Å². The molecular formula is C13H19NO2. The number of hydrogen-bond acceptors (Lipinski definition) is 2. The van der Waals surface area contributed by atoms with Gasteiger partial charge in [0.1, 0.15) is 0 Å². The van der Waals surface area contributed by atoms with E-state index in [-0.39, 0.29) is 12.6 Å². The highest BCUT2D eigenvalue weighted by molar-refractivity contribution is 5.69. The molecule has 0 radical (unpaired) electrons. The molecule has 3 nitrogen and oxygen atoms in total.